The average Bonchev–Trinajstić information content (AvgIpc) is 2.87. The number of carboxylic acids is 1. The van der Waals surface area contributed by atoms with E-state index in [0.29, 0.717) is 5.69 Å². The summed E-state index contributed by atoms with van der Waals surface area (Å²) in [6, 6.07) is 8.73. The summed E-state index contributed by atoms with van der Waals surface area (Å²) in [5.41, 5.74) is 2.41. The number of aromatic nitrogens is 2. The molecule has 0 fully saturated rings. The van der Waals surface area contributed by atoms with Crippen LogP contribution in [0.15, 0.2) is 46.8 Å². The number of hydrogen-bond acceptors (Lipinski definition) is 5. The van der Waals surface area contributed by atoms with Crippen molar-refractivity contribution < 1.29 is 15.0 Å². The van der Waals surface area contributed by atoms with Crippen molar-refractivity contribution in [3.63, 3.8) is 0 Å². The van der Waals surface area contributed by atoms with Crippen molar-refractivity contribution in [1.29, 1.82) is 0 Å². The molecule has 2 aromatic heterocycles. The third-order valence-electron chi connectivity index (χ3n) is 3.49. The summed E-state index contributed by atoms with van der Waals surface area (Å²) in [6.45, 7) is 3.81. The minimum absolute atomic E-state index is 0.0612. The molecule has 23 heavy (non-hydrogen) atoms. The standard InChI is InChI=1S/C16H14N4O3/c1-9-5-3-6-10(2)12(9)18-19-15-13(16(22)23)17-14-11(21)7-4-8-20(14)15/h3-8,21H,1-2H3,(H,22,23). The zero-order chi connectivity index (χ0) is 16.6. The summed E-state index contributed by atoms with van der Waals surface area (Å²) < 4.78 is 1.40. The molecule has 0 unspecified atom stereocenters. The van der Waals surface area contributed by atoms with E-state index in [1.165, 1.54) is 10.5 Å². The average molecular weight is 310 g/mol. The highest BCUT2D eigenvalue weighted by Crippen LogP contribution is 2.30. The molecule has 116 valence electrons. The van der Waals surface area contributed by atoms with E-state index in [0.717, 1.165) is 11.1 Å². The third-order valence-corrected chi connectivity index (χ3v) is 3.49. The molecule has 0 aliphatic heterocycles. The Labute approximate surface area is 131 Å². The van der Waals surface area contributed by atoms with Crippen LogP contribution in [-0.2, 0) is 0 Å². The van der Waals surface area contributed by atoms with Crippen LogP contribution in [0.4, 0.5) is 11.5 Å². The number of fused-ring (bicyclic) bond motifs is 1. The number of azo groups is 1. The summed E-state index contributed by atoms with van der Waals surface area (Å²) in [4.78, 5) is 15.3. The number of nitrogens with zero attached hydrogens (tertiary/aromatic N) is 4. The molecule has 3 aromatic rings. The van der Waals surface area contributed by atoms with Gasteiger partial charge in [0, 0.05) is 6.20 Å². The van der Waals surface area contributed by atoms with E-state index >= 15 is 0 Å². The van der Waals surface area contributed by atoms with Crippen LogP contribution in [0, 0.1) is 13.8 Å². The van der Waals surface area contributed by atoms with Crippen LogP contribution in [0.1, 0.15) is 21.6 Å². The summed E-state index contributed by atoms with van der Waals surface area (Å²) in [5.74, 6) is -1.29. The molecule has 2 heterocycles. The van der Waals surface area contributed by atoms with E-state index in [2.05, 4.69) is 15.2 Å². The number of aryl methyl sites for hydroxylation is 2. The molecule has 0 radical (unpaired) electrons. The molecular formula is C16H14N4O3. The fourth-order valence-electron chi connectivity index (χ4n) is 2.34. The second-order valence-electron chi connectivity index (χ2n) is 5.12. The van der Waals surface area contributed by atoms with E-state index in [9.17, 15) is 15.0 Å². The summed E-state index contributed by atoms with van der Waals surface area (Å²) in [5, 5.41) is 27.4. The molecule has 0 saturated heterocycles. The lowest BCUT2D eigenvalue weighted by Crippen LogP contribution is -1.96. The van der Waals surface area contributed by atoms with Crippen LogP contribution in [0.3, 0.4) is 0 Å². The topological polar surface area (TPSA) is 99.5 Å². The maximum Gasteiger partial charge on any atom is 0.358 e. The van der Waals surface area contributed by atoms with Gasteiger partial charge in [-0.2, -0.15) is 0 Å². The van der Waals surface area contributed by atoms with Gasteiger partial charge in [-0.3, -0.25) is 4.40 Å². The number of carbonyl (C=O) groups is 1. The first-order valence-corrected chi connectivity index (χ1v) is 6.90. The molecule has 0 bridgehead atoms. The van der Waals surface area contributed by atoms with Crippen molar-refractivity contribution in [1.82, 2.24) is 9.38 Å². The lowest BCUT2D eigenvalue weighted by atomic mass is 10.1. The zero-order valence-corrected chi connectivity index (χ0v) is 12.6. The molecule has 0 aliphatic rings. The van der Waals surface area contributed by atoms with Gasteiger partial charge in [-0.15, -0.1) is 10.2 Å². The minimum Gasteiger partial charge on any atom is -0.504 e. The molecule has 7 heteroatoms. The quantitative estimate of drug-likeness (QED) is 0.719. The third kappa shape index (κ3) is 2.52. The zero-order valence-electron chi connectivity index (χ0n) is 12.6. The summed E-state index contributed by atoms with van der Waals surface area (Å²) in [6.07, 6.45) is 1.58. The molecule has 0 atom stereocenters. The van der Waals surface area contributed by atoms with E-state index in [1.807, 2.05) is 32.0 Å². The largest absolute Gasteiger partial charge is 0.504 e. The summed E-state index contributed by atoms with van der Waals surface area (Å²) >= 11 is 0. The van der Waals surface area contributed by atoms with E-state index in [-0.39, 0.29) is 22.9 Å². The second-order valence-corrected chi connectivity index (χ2v) is 5.12. The fraction of sp³-hybridized carbons (Fsp3) is 0.125. The Hall–Kier alpha value is -3.22. The molecule has 0 aliphatic carbocycles. The fourth-order valence-corrected chi connectivity index (χ4v) is 2.34. The Morgan fingerprint density at radius 3 is 2.48 bits per heavy atom. The highest BCUT2D eigenvalue weighted by atomic mass is 16.4. The van der Waals surface area contributed by atoms with Crippen LogP contribution in [0.5, 0.6) is 5.75 Å². The number of aromatic carboxylic acids is 1. The Bertz CT molecular complexity index is 924. The van der Waals surface area contributed by atoms with Gasteiger partial charge in [0.2, 0.25) is 0 Å². The molecule has 0 spiro atoms. The van der Waals surface area contributed by atoms with Gasteiger partial charge < -0.3 is 10.2 Å². The molecule has 7 nitrogen and oxygen atoms in total. The van der Waals surface area contributed by atoms with Gasteiger partial charge in [0.15, 0.2) is 22.9 Å². The number of benzene rings is 1. The molecule has 1 aromatic carbocycles. The molecule has 0 amide bonds. The number of rotatable bonds is 3. The number of aromatic hydroxyl groups is 1. The van der Waals surface area contributed by atoms with E-state index in [4.69, 9.17) is 0 Å². The van der Waals surface area contributed by atoms with Crippen molar-refractivity contribution in [3.8, 4) is 5.75 Å². The van der Waals surface area contributed by atoms with Gasteiger partial charge >= 0.3 is 5.97 Å². The first-order chi connectivity index (χ1) is 11.0. The second kappa shape index (κ2) is 5.53. The van der Waals surface area contributed by atoms with Crippen molar-refractivity contribution in [2.45, 2.75) is 13.8 Å². The van der Waals surface area contributed by atoms with Crippen LogP contribution < -0.4 is 0 Å². The molecule has 0 saturated carbocycles. The van der Waals surface area contributed by atoms with E-state index in [1.54, 1.807) is 12.3 Å². The van der Waals surface area contributed by atoms with Gasteiger partial charge in [-0.25, -0.2) is 9.78 Å². The predicted octanol–water partition coefficient (Wildman–Crippen LogP) is 3.77. The van der Waals surface area contributed by atoms with Crippen LogP contribution in [0.25, 0.3) is 5.65 Å². The predicted molar refractivity (Wildman–Crippen MR) is 83.9 cm³/mol. The number of imidazole rings is 1. The van der Waals surface area contributed by atoms with E-state index < -0.39 is 5.97 Å². The number of pyridine rings is 1. The highest BCUT2D eigenvalue weighted by Gasteiger charge is 2.20. The number of carboxylic acid groups (broad SMARTS) is 1. The van der Waals surface area contributed by atoms with Crippen molar-refractivity contribution in [2.24, 2.45) is 10.2 Å². The van der Waals surface area contributed by atoms with Gasteiger partial charge in [-0.1, -0.05) is 18.2 Å². The van der Waals surface area contributed by atoms with Crippen molar-refractivity contribution in [3.05, 3.63) is 53.3 Å². The summed E-state index contributed by atoms with van der Waals surface area (Å²) in [7, 11) is 0. The Kier molecular flexibility index (Phi) is 3.53. The molecular weight excluding hydrogens is 296 g/mol. The van der Waals surface area contributed by atoms with Crippen molar-refractivity contribution >= 4 is 23.1 Å². The van der Waals surface area contributed by atoms with Gasteiger partial charge in [-0.05, 0) is 37.1 Å². The van der Waals surface area contributed by atoms with Crippen LogP contribution in [0.2, 0.25) is 0 Å². The smallest absolute Gasteiger partial charge is 0.358 e. The monoisotopic (exact) mass is 310 g/mol. The first kappa shape index (κ1) is 14.7. The molecule has 3 rings (SSSR count). The Morgan fingerprint density at radius 1 is 1.13 bits per heavy atom. The van der Waals surface area contributed by atoms with Gasteiger partial charge in [0.25, 0.3) is 0 Å². The maximum absolute atomic E-state index is 11.4. The van der Waals surface area contributed by atoms with Crippen LogP contribution >= 0.6 is 0 Å². The first-order valence-electron chi connectivity index (χ1n) is 6.90. The maximum atomic E-state index is 11.4. The SMILES string of the molecule is Cc1cccc(C)c1N=Nc1c(C(=O)O)nc2c(O)cccn12. The van der Waals surface area contributed by atoms with Crippen molar-refractivity contribution in [2.75, 3.05) is 0 Å². The molecule has 2 N–H and O–H groups in total. The normalized spacial score (nSPS) is 11.4. The Morgan fingerprint density at radius 2 is 1.83 bits per heavy atom. The van der Waals surface area contributed by atoms with Crippen LogP contribution in [-0.4, -0.2) is 25.6 Å². The Balaban J connectivity index is 2.20. The van der Waals surface area contributed by atoms with Gasteiger partial charge in [0.1, 0.15) is 0 Å². The highest BCUT2D eigenvalue weighted by molar-refractivity contribution is 5.92. The lowest BCUT2D eigenvalue weighted by Gasteiger charge is -2.02. The minimum atomic E-state index is -1.23. The van der Waals surface area contributed by atoms with Gasteiger partial charge in [0.05, 0.1) is 5.69 Å². The lowest BCUT2D eigenvalue weighted by molar-refractivity contribution is 0.0692. The number of hydrogen-bond donors (Lipinski definition) is 2.